The molecular weight excluding hydrogens is 973 g/mol. The van der Waals surface area contributed by atoms with E-state index in [1.54, 1.807) is 0 Å². The summed E-state index contributed by atoms with van der Waals surface area (Å²) in [6.07, 6.45) is 90.0. The van der Waals surface area contributed by atoms with Crippen LogP contribution in [0.15, 0.2) is 97.2 Å². The van der Waals surface area contributed by atoms with Crippen molar-refractivity contribution in [2.75, 3.05) is 13.2 Å². The Bertz CT molecular complexity index is 1540. The van der Waals surface area contributed by atoms with Gasteiger partial charge in [-0.05, 0) is 116 Å². The largest absolute Gasteiger partial charge is 0.462 e. The van der Waals surface area contributed by atoms with Gasteiger partial charge in [-0.15, -0.1) is 0 Å². The van der Waals surface area contributed by atoms with Crippen molar-refractivity contribution in [3.63, 3.8) is 0 Å². The molecule has 79 heavy (non-hydrogen) atoms. The molecule has 0 aromatic carbocycles. The second kappa shape index (κ2) is 66.8. The number of unbranched alkanes of at least 4 members (excludes halogenated alkanes) is 34. The summed E-state index contributed by atoms with van der Waals surface area (Å²) in [5.74, 6) is -0.891. The molecule has 0 amide bonds. The lowest BCUT2D eigenvalue weighted by Gasteiger charge is -2.18. The van der Waals surface area contributed by atoms with E-state index in [1.165, 1.54) is 180 Å². The molecule has 0 N–H and O–H groups in total. The molecule has 0 aliphatic heterocycles. The van der Waals surface area contributed by atoms with Crippen molar-refractivity contribution in [3.8, 4) is 0 Å². The highest BCUT2D eigenvalue weighted by Gasteiger charge is 2.19. The van der Waals surface area contributed by atoms with E-state index in [0.29, 0.717) is 19.3 Å². The maximum atomic E-state index is 12.9. The molecule has 0 saturated carbocycles. The molecule has 0 rings (SSSR count). The van der Waals surface area contributed by atoms with Gasteiger partial charge in [-0.1, -0.05) is 291 Å². The van der Waals surface area contributed by atoms with E-state index in [2.05, 4.69) is 118 Å². The predicted octanol–water partition coefficient (Wildman–Crippen LogP) is 23.2. The number of hydrogen-bond donors (Lipinski definition) is 0. The van der Waals surface area contributed by atoms with Crippen LogP contribution in [0.2, 0.25) is 0 Å². The minimum atomic E-state index is -0.787. The monoisotopic (exact) mass is 1100 g/mol. The summed E-state index contributed by atoms with van der Waals surface area (Å²) in [6.45, 7) is 6.49. The van der Waals surface area contributed by atoms with E-state index in [-0.39, 0.29) is 31.1 Å². The SMILES string of the molecule is CC/C=C\C/C=C\C/C=C\C/C=C\CCCCCCCCCCC(=O)OC(COC(=O)CCCCCCC/C=C\CCCC)COC(=O)CCCCCCCCCCCCCCCC/C=C\C/C=C\C/C=C\CCCCCCC. The summed E-state index contributed by atoms with van der Waals surface area (Å²) in [6, 6.07) is 0. The smallest absolute Gasteiger partial charge is 0.306 e. The summed E-state index contributed by atoms with van der Waals surface area (Å²) in [5, 5.41) is 0. The van der Waals surface area contributed by atoms with Gasteiger partial charge in [0.15, 0.2) is 6.10 Å². The van der Waals surface area contributed by atoms with Gasteiger partial charge in [-0.3, -0.25) is 14.4 Å². The Morgan fingerprint density at radius 1 is 0.266 bits per heavy atom. The van der Waals surface area contributed by atoms with E-state index < -0.39 is 6.10 Å². The minimum Gasteiger partial charge on any atom is -0.462 e. The second-order valence-corrected chi connectivity index (χ2v) is 22.3. The quantitative estimate of drug-likeness (QED) is 0.0261. The number of ether oxygens (including phenoxy) is 3. The van der Waals surface area contributed by atoms with Gasteiger partial charge in [-0.2, -0.15) is 0 Å². The van der Waals surface area contributed by atoms with Crippen LogP contribution in [-0.4, -0.2) is 37.2 Å². The molecule has 6 nitrogen and oxygen atoms in total. The fraction of sp³-hybridized carbons (Fsp3) is 0.740. The first-order chi connectivity index (χ1) is 39.0. The lowest BCUT2D eigenvalue weighted by Crippen LogP contribution is -2.30. The second-order valence-electron chi connectivity index (χ2n) is 22.3. The predicted molar refractivity (Wildman–Crippen MR) is 344 cm³/mol. The first-order valence-corrected chi connectivity index (χ1v) is 33.7. The minimum absolute atomic E-state index is 0.0824. The Labute approximate surface area is 489 Å². The van der Waals surface area contributed by atoms with Crippen LogP contribution < -0.4 is 0 Å². The van der Waals surface area contributed by atoms with E-state index in [1.807, 2.05) is 0 Å². The van der Waals surface area contributed by atoms with Crippen molar-refractivity contribution in [1.29, 1.82) is 0 Å². The van der Waals surface area contributed by atoms with Gasteiger partial charge in [-0.25, -0.2) is 0 Å². The molecule has 0 saturated heterocycles. The Kier molecular flexibility index (Phi) is 63.7. The first-order valence-electron chi connectivity index (χ1n) is 33.7. The van der Waals surface area contributed by atoms with Crippen LogP contribution >= 0.6 is 0 Å². The number of allylic oxidation sites excluding steroid dienone is 16. The molecule has 1 atom stereocenters. The van der Waals surface area contributed by atoms with Gasteiger partial charge in [0.2, 0.25) is 0 Å². The standard InChI is InChI=1S/C73H126O6/c1-4-7-10-13-16-19-22-24-26-28-30-32-33-34-35-36-37-38-39-41-42-44-46-48-51-54-57-60-63-66-72(75)78-69-70(68-77-71(74)65-62-59-56-53-50-21-18-15-12-9-6-3)79-73(76)67-64-61-58-55-52-49-47-45-43-40-31-29-27-25-23-20-17-14-11-8-5-2/h8,11,15,17-18,20,22,24-25,27-28,30-31,33-34,40,70H,4-7,9-10,12-14,16,19,21,23,26,29,32,35-39,41-69H2,1-3H3/b11-8-,18-15-,20-17-,24-22-,27-25-,30-28-,34-33-,40-31-. The zero-order chi connectivity index (χ0) is 57.1. The number of rotatable bonds is 61. The van der Waals surface area contributed by atoms with Crippen molar-refractivity contribution in [1.82, 2.24) is 0 Å². The average molecular weight is 1100 g/mol. The van der Waals surface area contributed by atoms with Crippen LogP contribution in [0.1, 0.15) is 329 Å². The van der Waals surface area contributed by atoms with Crippen molar-refractivity contribution < 1.29 is 28.6 Å². The molecule has 0 radical (unpaired) electrons. The number of carbonyl (C=O) groups excluding carboxylic acids is 3. The summed E-state index contributed by atoms with van der Waals surface area (Å²) in [7, 11) is 0. The molecule has 0 spiro atoms. The lowest BCUT2D eigenvalue weighted by atomic mass is 10.0. The number of hydrogen-bond acceptors (Lipinski definition) is 6. The maximum Gasteiger partial charge on any atom is 0.306 e. The van der Waals surface area contributed by atoms with Crippen molar-refractivity contribution >= 4 is 17.9 Å². The van der Waals surface area contributed by atoms with Crippen LogP contribution in [-0.2, 0) is 28.6 Å². The van der Waals surface area contributed by atoms with Gasteiger partial charge in [0, 0.05) is 19.3 Å². The van der Waals surface area contributed by atoms with Gasteiger partial charge < -0.3 is 14.2 Å². The Balaban J connectivity index is 4.23. The summed E-state index contributed by atoms with van der Waals surface area (Å²) in [4.78, 5) is 38.3. The molecule has 0 aliphatic carbocycles. The van der Waals surface area contributed by atoms with E-state index >= 15 is 0 Å². The highest BCUT2D eigenvalue weighted by Crippen LogP contribution is 2.17. The molecule has 1 unspecified atom stereocenters. The molecule has 0 fully saturated rings. The highest BCUT2D eigenvalue weighted by atomic mass is 16.6. The van der Waals surface area contributed by atoms with Crippen LogP contribution in [0, 0.1) is 0 Å². The third-order valence-electron chi connectivity index (χ3n) is 14.5. The van der Waals surface area contributed by atoms with Crippen LogP contribution in [0.3, 0.4) is 0 Å². The zero-order valence-electron chi connectivity index (χ0n) is 52.1. The molecule has 0 aromatic heterocycles. The molecular formula is C73H126O6. The number of carbonyl (C=O) groups is 3. The zero-order valence-corrected chi connectivity index (χ0v) is 52.1. The normalized spacial score (nSPS) is 12.7. The summed E-state index contributed by atoms with van der Waals surface area (Å²) >= 11 is 0. The fourth-order valence-electron chi connectivity index (χ4n) is 9.48. The highest BCUT2D eigenvalue weighted by molar-refractivity contribution is 5.71. The molecule has 6 heteroatoms. The lowest BCUT2D eigenvalue weighted by molar-refractivity contribution is -0.167. The van der Waals surface area contributed by atoms with E-state index in [0.717, 1.165) is 109 Å². The molecule has 454 valence electrons. The Morgan fingerprint density at radius 2 is 0.506 bits per heavy atom. The van der Waals surface area contributed by atoms with Gasteiger partial charge in [0.25, 0.3) is 0 Å². The van der Waals surface area contributed by atoms with E-state index in [4.69, 9.17) is 14.2 Å². The van der Waals surface area contributed by atoms with Crippen molar-refractivity contribution in [2.24, 2.45) is 0 Å². The third kappa shape index (κ3) is 65.0. The number of esters is 3. The summed E-state index contributed by atoms with van der Waals surface area (Å²) < 4.78 is 16.9. The Hall–Kier alpha value is -3.67. The van der Waals surface area contributed by atoms with Crippen molar-refractivity contribution in [3.05, 3.63) is 97.2 Å². The molecule has 0 bridgehead atoms. The third-order valence-corrected chi connectivity index (χ3v) is 14.5. The van der Waals surface area contributed by atoms with Gasteiger partial charge >= 0.3 is 17.9 Å². The molecule has 0 heterocycles. The average Bonchev–Trinajstić information content (AvgIpc) is 3.45. The van der Waals surface area contributed by atoms with Crippen LogP contribution in [0.4, 0.5) is 0 Å². The van der Waals surface area contributed by atoms with Crippen LogP contribution in [0.5, 0.6) is 0 Å². The van der Waals surface area contributed by atoms with Crippen molar-refractivity contribution in [2.45, 2.75) is 335 Å². The molecule has 0 aliphatic rings. The topological polar surface area (TPSA) is 78.9 Å². The fourth-order valence-corrected chi connectivity index (χ4v) is 9.48. The first kappa shape index (κ1) is 75.3. The summed E-state index contributed by atoms with van der Waals surface area (Å²) in [5.41, 5.74) is 0. The van der Waals surface area contributed by atoms with Gasteiger partial charge in [0.1, 0.15) is 13.2 Å². The Morgan fingerprint density at radius 3 is 0.823 bits per heavy atom. The van der Waals surface area contributed by atoms with Crippen LogP contribution in [0.25, 0.3) is 0 Å². The van der Waals surface area contributed by atoms with Gasteiger partial charge in [0.05, 0.1) is 0 Å². The maximum absolute atomic E-state index is 12.9. The molecule has 0 aromatic rings. The van der Waals surface area contributed by atoms with E-state index in [9.17, 15) is 14.4 Å².